The lowest BCUT2D eigenvalue weighted by molar-refractivity contribution is 0.0600. The first-order valence-corrected chi connectivity index (χ1v) is 11.8. The molecule has 0 saturated carbocycles. The van der Waals surface area contributed by atoms with Crippen LogP contribution in [0.5, 0.6) is 0 Å². The summed E-state index contributed by atoms with van der Waals surface area (Å²) in [7, 11) is -2.29. The number of methoxy groups -OCH3 is 1. The lowest BCUT2D eigenvalue weighted by Gasteiger charge is -2.26. The fourth-order valence-electron chi connectivity index (χ4n) is 3.47. The van der Waals surface area contributed by atoms with Crippen LogP contribution in [0.1, 0.15) is 15.9 Å². The van der Waals surface area contributed by atoms with Crippen LogP contribution in [-0.4, -0.2) is 62.3 Å². The predicted molar refractivity (Wildman–Crippen MR) is 123 cm³/mol. The van der Waals surface area contributed by atoms with Gasteiger partial charge in [0.1, 0.15) is 0 Å². The summed E-state index contributed by atoms with van der Waals surface area (Å²) < 4.78 is 37.7. The number of carbonyl (C=O) groups is 1. The van der Waals surface area contributed by atoms with E-state index in [1.807, 2.05) is 6.07 Å². The highest BCUT2D eigenvalue weighted by molar-refractivity contribution is 7.89. The molecule has 1 aliphatic heterocycles. The molecule has 0 radical (unpaired) electrons. The van der Waals surface area contributed by atoms with E-state index in [2.05, 4.69) is 15.5 Å². The highest BCUT2D eigenvalue weighted by atomic mass is 32.2. The zero-order valence-electron chi connectivity index (χ0n) is 18.3. The van der Waals surface area contributed by atoms with Crippen molar-refractivity contribution in [3.8, 4) is 11.3 Å². The Kier molecular flexibility index (Phi) is 6.68. The molecule has 10 heteroatoms. The van der Waals surface area contributed by atoms with E-state index in [0.29, 0.717) is 54.5 Å². The molecule has 2 heterocycles. The summed E-state index contributed by atoms with van der Waals surface area (Å²) in [5, 5.41) is 11.6. The van der Waals surface area contributed by atoms with Crippen molar-refractivity contribution in [3.63, 3.8) is 0 Å². The Morgan fingerprint density at radius 1 is 1.03 bits per heavy atom. The van der Waals surface area contributed by atoms with Gasteiger partial charge >= 0.3 is 5.97 Å². The third kappa shape index (κ3) is 5.03. The van der Waals surface area contributed by atoms with Crippen molar-refractivity contribution in [2.75, 3.05) is 38.7 Å². The van der Waals surface area contributed by atoms with Crippen molar-refractivity contribution in [2.45, 2.75) is 11.8 Å². The summed E-state index contributed by atoms with van der Waals surface area (Å²) in [4.78, 5) is 11.8. The summed E-state index contributed by atoms with van der Waals surface area (Å²) in [6.45, 7) is 3.24. The average molecular weight is 469 g/mol. The van der Waals surface area contributed by atoms with Crippen molar-refractivity contribution in [1.82, 2.24) is 14.5 Å². The minimum Gasteiger partial charge on any atom is -0.465 e. The molecule has 1 saturated heterocycles. The smallest absolute Gasteiger partial charge is 0.337 e. The van der Waals surface area contributed by atoms with E-state index in [0.717, 1.165) is 5.69 Å². The van der Waals surface area contributed by atoms with Gasteiger partial charge < -0.3 is 14.8 Å². The molecule has 4 rings (SSSR count). The van der Waals surface area contributed by atoms with E-state index in [1.165, 1.54) is 11.4 Å². The second-order valence-electron chi connectivity index (χ2n) is 7.49. The van der Waals surface area contributed by atoms with Crippen LogP contribution in [0.25, 0.3) is 11.3 Å². The zero-order valence-corrected chi connectivity index (χ0v) is 19.1. The fourth-order valence-corrected chi connectivity index (χ4v) is 5.13. The van der Waals surface area contributed by atoms with E-state index in [1.54, 1.807) is 55.5 Å². The van der Waals surface area contributed by atoms with Gasteiger partial charge in [0, 0.05) is 24.3 Å². The molecule has 1 aliphatic rings. The Morgan fingerprint density at radius 3 is 2.39 bits per heavy atom. The third-order valence-electron chi connectivity index (χ3n) is 5.31. The summed E-state index contributed by atoms with van der Waals surface area (Å²) >= 11 is 0. The van der Waals surface area contributed by atoms with Crippen molar-refractivity contribution in [2.24, 2.45) is 0 Å². The van der Waals surface area contributed by atoms with Crippen LogP contribution < -0.4 is 5.32 Å². The van der Waals surface area contributed by atoms with E-state index >= 15 is 0 Å². The van der Waals surface area contributed by atoms with Crippen LogP contribution in [0.2, 0.25) is 0 Å². The molecule has 0 amide bonds. The first kappa shape index (κ1) is 22.8. The molecular formula is C23H24N4O5S. The molecule has 1 aromatic heterocycles. The monoisotopic (exact) mass is 468 g/mol. The van der Waals surface area contributed by atoms with E-state index in [9.17, 15) is 13.2 Å². The van der Waals surface area contributed by atoms with Gasteiger partial charge in [-0.05, 0) is 55.0 Å². The van der Waals surface area contributed by atoms with Gasteiger partial charge in [-0.25, -0.2) is 13.2 Å². The van der Waals surface area contributed by atoms with Gasteiger partial charge in [-0.1, -0.05) is 12.1 Å². The average Bonchev–Trinajstić information content (AvgIpc) is 2.85. The molecule has 1 N–H and O–H groups in total. The molecule has 0 atom stereocenters. The molecule has 2 aromatic carbocycles. The molecule has 3 aromatic rings. The number of aromatic nitrogens is 2. The molecule has 0 aliphatic carbocycles. The second kappa shape index (κ2) is 9.65. The Labute approximate surface area is 192 Å². The van der Waals surface area contributed by atoms with Crippen LogP contribution in [-0.2, 0) is 19.5 Å². The molecule has 0 spiro atoms. The summed E-state index contributed by atoms with van der Waals surface area (Å²) in [5.41, 5.74) is 3.08. The quantitative estimate of drug-likeness (QED) is 0.550. The highest BCUT2D eigenvalue weighted by Gasteiger charge is 2.28. The number of benzene rings is 2. The molecule has 172 valence electrons. The summed E-state index contributed by atoms with van der Waals surface area (Å²) in [5.74, 6) is 0.108. The van der Waals surface area contributed by atoms with Crippen molar-refractivity contribution >= 4 is 27.5 Å². The van der Waals surface area contributed by atoms with E-state index in [4.69, 9.17) is 9.47 Å². The first-order chi connectivity index (χ1) is 15.9. The second-order valence-corrected chi connectivity index (χ2v) is 9.40. The number of anilines is 2. The number of rotatable bonds is 6. The third-order valence-corrected chi connectivity index (χ3v) is 7.36. The number of nitrogens with zero attached hydrogens (tertiary/aromatic N) is 3. The van der Waals surface area contributed by atoms with Gasteiger partial charge in [-0.3, -0.25) is 0 Å². The Morgan fingerprint density at radius 2 is 1.76 bits per heavy atom. The predicted octanol–water partition coefficient (Wildman–Crippen LogP) is 3.00. The number of esters is 1. The van der Waals surface area contributed by atoms with Gasteiger partial charge in [0.05, 0.1) is 36.5 Å². The molecule has 9 nitrogen and oxygen atoms in total. The van der Waals surface area contributed by atoms with E-state index in [-0.39, 0.29) is 4.90 Å². The number of sulfonamides is 1. The molecule has 33 heavy (non-hydrogen) atoms. The highest BCUT2D eigenvalue weighted by Crippen LogP contribution is 2.27. The SMILES string of the molecule is COC(=O)c1ccc(Nc2ccc(-c3ccc(C)c(S(=O)(=O)N4CCOCC4)c3)nn2)cc1. The minimum absolute atomic E-state index is 0.261. The lowest BCUT2D eigenvalue weighted by Crippen LogP contribution is -2.40. The summed E-state index contributed by atoms with van der Waals surface area (Å²) in [6.07, 6.45) is 0. The van der Waals surface area contributed by atoms with Crippen LogP contribution >= 0.6 is 0 Å². The maximum atomic E-state index is 13.1. The van der Waals surface area contributed by atoms with Crippen LogP contribution in [0.15, 0.2) is 59.5 Å². The number of nitrogens with one attached hydrogen (secondary N) is 1. The topological polar surface area (TPSA) is 111 Å². The summed E-state index contributed by atoms with van der Waals surface area (Å²) in [6, 6.07) is 15.6. The van der Waals surface area contributed by atoms with Crippen molar-refractivity contribution in [1.29, 1.82) is 0 Å². The largest absolute Gasteiger partial charge is 0.465 e. The first-order valence-electron chi connectivity index (χ1n) is 10.4. The molecule has 0 bridgehead atoms. The number of aryl methyl sites for hydroxylation is 1. The van der Waals surface area contributed by atoms with Gasteiger partial charge in [0.2, 0.25) is 10.0 Å². The lowest BCUT2D eigenvalue weighted by atomic mass is 10.1. The Hall–Kier alpha value is -3.34. The molecule has 0 unspecified atom stereocenters. The number of hydrogen-bond acceptors (Lipinski definition) is 8. The van der Waals surface area contributed by atoms with Crippen LogP contribution in [0.3, 0.4) is 0 Å². The van der Waals surface area contributed by atoms with Gasteiger partial charge in [0.25, 0.3) is 0 Å². The normalized spacial score (nSPS) is 14.6. The number of hydrogen-bond donors (Lipinski definition) is 1. The maximum Gasteiger partial charge on any atom is 0.337 e. The Bertz CT molecular complexity index is 1240. The van der Waals surface area contributed by atoms with Crippen molar-refractivity contribution in [3.05, 3.63) is 65.7 Å². The number of ether oxygens (including phenoxy) is 2. The van der Waals surface area contributed by atoms with Crippen LogP contribution in [0, 0.1) is 6.92 Å². The maximum absolute atomic E-state index is 13.1. The van der Waals surface area contributed by atoms with Crippen LogP contribution in [0.4, 0.5) is 11.5 Å². The molecular weight excluding hydrogens is 444 g/mol. The Balaban J connectivity index is 1.53. The standard InChI is InChI=1S/C23H24N4O5S/c1-16-3-4-18(15-21(16)33(29,30)27-11-13-32-14-12-27)20-9-10-22(26-25-20)24-19-7-5-17(6-8-19)23(28)31-2/h3-10,15H,11-14H2,1-2H3,(H,24,26). The van der Waals surface area contributed by atoms with Gasteiger partial charge in [-0.15, -0.1) is 10.2 Å². The van der Waals surface area contributed by atoms with E-state index < -0.39 is 16.0 Å². The van der Waals surface area contributed by atoms with Gasteiger partial charge in [0.15, 0.2) is 5.82 Å². The van der Waals surface area contributed by atoms with Crippen molar-refractivity contribution < 1.29 is 22.7 Å². The molecule has 1 fully saturated rings. The number of carbonyl (C=O) groups excluding carboxylic acids is 1. The fraction of sp³-hybridized carbons (Fsp3) is 0.261. The van der Waals surface area contributed by atoms with Gasteiger partial charge in [-0.2, -0.15) is 4.31 Å². The minimum atomic E-state index is -3.62. The zero-order chi connectivity index (χ0) is 23.4. The number of morpholine rings is 1.